The molecule has 2 heteroatoms. The molecule has 3 aromatic carbocycles. The molecule has 0 aliphatic carbocycles. The number of fused-ring (bicyclic) bond motifs is 1. The van der Waals surface area contributed by atoms with Gasteiger partial charge in [0.05, 0.1) is 14.2 Å². The van der Waals surface area contributed by atoms with Gasteiger partial charge in [0.2, 0.25) is 0 Å². The summed E-state index contributed by atoms with van der Waals surface area (Å²) in [5, 5.41) is 2.17. The number of rotatable bonds is 6. The molecule has 0 spiro atoms. The minimum absolute atomic E-state index is 0.663. The zero-order chi connectivity index (χ0) is 21.3. The highest BCUT2D eigenvalue weighted by molar-refractivity contribution is 5.90. The summed E-state index contributed by atoms with van der Waals surface area (Å²) >= 11 is 0. The van der Waals surface area contributed by atoms with Crippen LogP contribution >= 0.6 is 0 Å². The second-order valence-electron chi connectivity index (χ2n) is 6.87. The maximum absolute atomic E-state index is 5.51. The Hall–Kier alpha value is -3.80. The molecule has 0 atom stereocenters. The number of terminal acetylenes is 2. The largest absolute Gasteiger partial charge is 0.497 e. The molecule has 0 N–H and O–H groups in total. The second kappa shape index (κ2) is 10.1. The van der Waals surface area contributed by atoms with E-state index < -0.39 is 0 Å². The van der Waals surface area contributed by atoms with Gasteiger partial charge in [0.15, 0.2) is 0 Å². The topological polar surface area (TPSA) is 18.5 Å². The zero-order valence-electron chi connectivity index (χ0n) is 17.4. The number of methoxy groups -OCH3 is 2. The summed E-state index contributed by atoms with van der Waals surface area (Å²) in [7, 11) is 3.32. The first-order valence-corrected chi connectivity index (χ1v) is 9.85. The number of benzene rings is 3. The molecule has 0 aromatic heterocycles. The van der Waals surface area contributed by atoms with Gasteiger partial charge in [-0.3, -0.25) is 0 Å². The third kappa shape index (κ3) is 4.78. The van der Waals surface area contributed by atoms with Gasteiger partial charge in [-0.25, -0.2) is 0 Å². The Morgan fingerprint density at radius 2 is 1.33 bits per heavy atom. The van der Waals surface area contributed by atoms with E-state index in [4.69, 9.17) is 22.3 Å². The summed E-state index contributed by atoms with van der Waals surface area (Å²) in [6.45, 7) is 0. The molecular formula is C28H24O2. The predicted molar refractivity (Wildman–Crippen MR) is 124 cm³/mol. The van der Waals surface area contributed by atoms with E-state index in [0.29, 0.717) is 12.8 Å². The SMILES string of the molecule is C#CCCc1ccc(OC)cc1C#Cc1c(CCC#C)ccc2ccc(OC)cc12. The van der Waals surface area contributed by atoms with Crippen LogP contribution in [-0.2, 0) is 12.8 Å². The molecule has 0 aliphatic rings. The third-order valence-electron chi connectivity index (χ3n) is 5.03. The fraction of sp³-hybridized carbons (Fsp3) is 0.214. The molecule has 2 nitrogen and oxygen atoms in total. The molecule has 3 aromatic rings. The summed E-state index contributed by atoms with van der Waals surface area (Å²) < 4.78 is 10.8. The Balaban J connectivity index is 2.17. The van der Waals surface area contributed by atoms with Crippen LogP contribution in [0.2, 0.25) is 0 Å². The second-order valence-corrected chi connectivity index (χ2v) is 6.87. The van der Waals surface area contributed by atoms with E-state index in [-0.39, 0.29) is 0 Å². The normalized spacial score (nSPS) is 9.87. The molecule has 0 fully saturated rings. The Kier molecular flexibility index (Phi) is 7.05. The lowest BCUT2D eigenvalue weighted by Gasteiger charge is -2.10. The van der Waals surface area contributed by atoms with Crippen LogP contribution in [-0.4, -0.2) is 14.2 Å². The van der Waals surface area contributed by atoms with Gasteiger partial charge >= 0.3 is 0 Å². The van der Waals surface area contributed by atoms with E-state index in [1.54, 1.807) is 14.2 Å². The Bertz CT molecular complexity index is 1190. The van der Waals surface area contributed by atoms with Crippen molar-refractivity contribution < 1.29 is 9.47 Å². The fourth-order valence-electron chi connectivity index (χ4n) is 3.39. The van der Waals surface area contributed by atoms with Crippen molar-refractivity contribution >= 4 is 10.8 Å². The fourth-order valence-corrected chi connectivity index (χ4v) is 3.39. The minimum atomic E-state index is 0.663. The minimum Gasteiger partial charge on any atom is -0.497 e. The first-order valence-electron chi connectivity index (χ1n) is 9.85. The summed E-state index contributed by atoms with van der Waals surface area (Å²) in [6.07, 6.45) is 13.9. The average molecular weight is 392 g/mol. The highest BCUT2D eigenvalue weighted by Crippen LogP contribution is 2.27. The summed E-state index contributed by atoms with van der Waals surface area (Å²) in [4.78, 5) is 0. The maximum Gasteiger partial charge on any atom is 0.120 e. The van der Waals surface area contributed by atoms with Crippen LogP contribution in [0.4, 0.5) is 0 Å². The molecule has 0 saturated carbocycles. The first kappa shape index (κ1) is 20.9. The van der Waals surface area contributed by atoms with Crippen molar-refractivity contribution in [1.82, 2.24) is 0 Å². The third-order valence-corrected chi connectivity index (χ3v) is 5.03. The predicted octanol–water partition coefficient (Wildman–Crippen LogP) is 5.39. The van der Waals surface area contributed by atoms with Gasteiger partial charge in [0, 0.05) is 29.4 Å². The zero-order valence-corrected chi connectivity index (χ0v) is 17.4. The van der Waals surface area contributed by atoms with E-state index in [0.717, 1.165) is 57.4 Å². The number of hydrogen-bond acceptors (Lipinski definition) is 2. The maximum atomic E-state index is 5.51. The molecule has 0 heterocycles. The van der Waals surface area contributed by atoms with Crippen LogP contribution in [0.1, 0.15) is 35.1 Å². The molecule has 0 amide bonds. The average Bonchev–Trinajstić information content (AvgIpc) is 2.79. The smallest absolute Gasteiger partial charge is 0.120 e. The van der Waals surface area contributed by atoms with Crippen molar-refractivity contribution in [3.05, 3.63) is 70.8 Å². The standard InChI is InChI=1S/C28H24O2/c1-5-7-9-21-13-16-25(29-3)19-24(21)15-18-27-22(10-8-6-2)11-12-23-14-17-26(30-4)20-28(23)27/h1-2,11-14,16-17,19-20H,7-10H2,3-4H3. The van der Waals surface area contributed by atoms with Crippen molar-refractivity contribution in [3.63, 3.8) is 0 Å². The van der Waals surface area contributed by atoms with Crippen LogP contribution in [0.5, 0.6) is 11.5 Å². The molecule has 0 unspecified atom stereocenters. The van der Waals surface area contributed by atoms with Crippen molar-refractivity contribution in [2.75, 3.05) is 14.2 Å². The van der Waals surface area contributed by atoms with Crippen LogP contribution in [0, 0.1) is 36.5 Å². The number of hydrogen-bond donors (Lipinski definition) is 0. The van der Waals surface area contributed by atoms with Crippen LogP contribution in [0.15, 0.2) is 48.5 Å². The van der Waals surface area contributed by atoms with Gasteiger partial charge in [0.1, 0.15) is 11.5 Å². The van der Waals surface area contributed by atoms with E-state index >= 15 is 0 Å². The van der Waals surface area contributed by atoms with Crippen LogP contribution in [0.25, 0.3) is 10.8 Å². The van der Waals surface area contributed by atoms with E-state index in [2.05, 4.69) is 35.8 Å². The van der Waals surface area contributed by atoms with Gasteiger partial charge in [-0.05, 0) is 53.6 Å². The van der Waals surface area contributed by atoms with Gasteiger partial charge in [-0.1, -0.05) is 36.1 Å². The first-order chi connectivity index (χ1) is 14.7. The lowest BCUT2D eigenvalue weighted by atomic mass is 9.95. The molecule has 0 bridgehead atoms. The van der Waals surface area contributed by atoms with Crippen molar-refractivity contribution in [1.29, 1.82) is 0 Å². The molecule has 0 aliphatic heterocycles. The van der Waals surface area contributed by atoms with Crippen LogP contribution in [0.3, 0.4) is 0 Å². The molecule has 148 valence electrons. The Morgan fingerprint density at radius 1 is 0.733 bits per heavy atom. The summed E-state index contributed by atoms with van der Waals surface area (Å²) in [6, 6.07) is 16.2. The highest BCUT2D eigenvalue weighted by Gasteiger charge is 2.08. The molecule has 3 rings (SSSR count). The summed E-state index contributed by atoms with van der Waals surface area (Å²) in [5.74, 6) is 13.8. The lowest BCUT2D eigenvalue weighted by Crippen LogP contribution is -1.95. The van der Waals surface area contributed by atoms with Gasteiger partial charge in [-0.15, -0.1) is 24.7 Å². The number of aryl methyl sites for hydroxylation is 2. The molecule has 0 radical (unpaired) electrons. The number of ether oxygens (including phenoxy) is 2. The molecule has 30 heavy (non-hydrogen) atoms. The Labute approximate surface area is 179 Å². The van der Waals surface area contributed by atoms with Crippen molar-refractivity contribution in [2.24, 2.45) is 0 Å². The lowest BCUT2D eigenvalue weighted by molar-refractivity contribution is 0.414. The summed E-state index contributed by atoms with van der Waals surface area (Å²) in [5.41, 5.74) is 4.15. The van der Waals surface area contributed by atoms with E-state index in [1.807, 2.05) is 36.4 Å². The quantitative estimate of drug-likeness (QED) is 0.524. The monoisotopic (exact) mass is 392 g/mol. The van der Waals surface area contributed by atoms with Crippen molar-refractivity contribution in [3.8, 4) is 48.0 Å². The highest BCUT2D eigenvalue weighted by atomic mass is 16.5. The van der Waals surface area contributed by atoms with Gasteiger partial charge in [0.25, 0.3) is 0 Å². The molecular weight excluding hydrogens is 368 g/mol. The van der Waals surface area contributed by atoms with Crippen LogP contribution < -0.4 is 9.47 Å². The Morgan fingerprint density at radius 3 is 2.03 bits per heavy atom. The van der Waals surface area contributed by atoms with E-state index in [9.17, 15) is 0 Å². The molecule has 0 saturated heterocycles. The van der Waals surface area contributed by atoms with E-state index in [1.165, 1.54) is 0 Å². The van der Waals surface area contributed by atoms with Gasteiger partial charge in [-0.2, -0.15) is 0 Å². The van der Waals surface area contributed by atoms with Gasteiger partial charge < -0.3 is 9.47 Å². The van der Waals surface area contributed by atoms with Crippen molar-refractivity contribution in [2.45, 2.75) is 25.7 Å².